The molecule has 9 heteroatoms. The van der Waals surface area contributed by atoms with E-state index in [0.29, 0.717) is 30.3 Å². The fourth-order valence-electron chi connectivity index (χ4n) is 3.83. The Bertz CT molecular complexity index is 1240. The van der Waals surface area contributed by atoms with Crippen LogP contribution in [0.5, 0.6) is 5.75 Å². The molecule has 1 aromatic heterocycles. The maximum absolute atomic E-state index is 13.3. The third-order valence-electron chi connectivity index (χ3n) is 5.66. The van der Waals surface area contributed by atoms with Gasteiger partial charge in [-0.1, -0.05) is 44.2 Å². The summed E-state index contributed by atoms with van der Waals surface area (Å²) < 4.78 is 34.0. The first kappa shape index (κ1) is 22.7. The van der Waals surface area contributed by atoms with Crippen LogP contribution >= 0.6 is 11.3 Å². The Labute approximate surface area is 192 Å². The molecule has 0 saturated carbocycles. The van der Waals surface area contributed by atoms with E-state index in [1.807, 2.05) is 30.3 Å². The molecule has 2 heterocycles. The van der Waals surface area contributed by atoms with Crippen LogP contribution < -0.4 is 10.1 Å². The second-order valence-electron chi connectivity index (χ2n) is 8.89. The van der Waals surface area contributed by atoms with Gasteiger partial charge < -0.3 is 10.1 Å². The fourth-order valence-corrected chi connectivity index (χ4v) is 6.38. The van der Waals surface area contributed by atoms with Crippen LogP contribution in [-0.4, -0.2) is 43.3 Å². The molecule has 4 rings (SSSR count). The summed E-state index contributed by atoms with van der Waals surface area (Å²) >= 11 is 1.33. The third kappa shape index (κ3) is 4.37. The summed E-state index contributed by atoms with van der Waals surface area (Å²) in [6.45, 7) is 6.55. The minimum atomic E-state index is -3.78. The monoisotopic (exact) mass is 473 g/mol. The molecule has 3 aromatic rings. The molecular formula is C23H27N3O4S2. The van der Waals surface area contributed by atoms with Crippen LogP contribution in [0, 0.1) is 0 Å². The summed E-state index contributed by atoms with van der Waals surface area (Å²) in [6.07, 6.45) is 1.11. The lowest BCUT2D eigenvalue weighted by molar-refractivity contribution is -0.119. The summed E-state index contributed by atoms with van der Waals surface area (Å²) in [5, 5.41) is 3.26. The summed E-state index contributed by atoms with van der Waals surface area (Å²) in [4.78, 5) is 17.7. The number of carbonyl (C=O) groups is 1. The average molecular weight is 474 g/mol. The lowest BCUT2D eigenvalue weighted by atomic mass is 9.87. The van der Waals surface area contributed by atoms with Crippen LogP contribution in [0.4, 0.5) is 5.13 Å². The number of nitrogens with zero attached hydrogens (tertiary/aromatic N) is 2. The number of aromatic nitrogens is 1. The highest BCUT2D eigenvalue weighted by Crippen LogP contribution is 2.32. The van der Waals surface area contributed by atoms with Crippen molar-refractivity contribution in [1.29, 1.82) is 0 Å². The number of nitrogens with one attached hydrogen (secondary N) is 1. The Morgan fingerprint density at radius 3 is 2.56 bits per heavy atom. The van der Waals surface area contributed by atoms with Gasteiger partial charge in [-0.3, -0.25) is 4.79 Å². The van der Waals surface area contributed by atoms with E-state index in [1.165, 1.54) is 15.6 Å². The van der Waals surface area contributed by atoms with Gasteiger partial charge in [0.1, 0.15) is 11.8 Å². The van der Waals surface area contributed by atoms with E-state index in [0.717, 1.165) is 15.8 Å². The molecule has 1 amide bonds. The normalized spacial score (nSPS) is 17.6. The van der Waals surface area contributed by atoms with Crippen molar-refractivity contribution in [3.05, 3.63) is 48.0 Å². The Kier molecular flexibility index (Phi) is 6.00. The minimum absolute atomic E-state index is 0.0698. The smallest absolute Gasteiger partial charge is 0.244 e. The van der Waals surface area contributed by atoms with Crippen molar-refractivity contribution < 1.29 is 17.9 Å². The van der Waals surface area contributed by atoms with Crippen molar-refractivity contribution >= 4 is 42.6 Å². The minimum Gasteiger partial charge on any atom is -0.497 e. The zero-order valence-electron chi connectivity index (χ0n) is 18.6. The second kappa shape index (κ2) is 8.46. The Morgan fingerprint density at radius 1 is 1.19 bits per heavy atom. The van der Waals surface area contributed by atoms with Crippen LogP contribution in [0.15, 0.2) is 47.4 Å². The lowest BCUT2D eigenvalue weighted by Gasteiger charge is -2.24. The van der Waals surface area contributed by atoms with Gasteiger partial charge in [0.05, 0.1) is 22.2 Å². The van der Waals surface area contributed by atoms with Gasteiger partial charge in [-0.25, -0.2) is 13.4 Å². The van der Waals surface area contributed by atoms with Crippen molar-refractivity contribution in [2.24, 2.45) is 0 Å². The molecule has 1 fully saturated rings. The number of amides is 1. The molecule has 0 aliphatic carbocycles. The van der Waals surface area contributed by atoms with Crippen LogP contribution in [0.2, 0.25) is 0 Å². The standard InChI is InChI=1S/C23H27N3O4S2/c1-23(2,3)15-7-10-17(11-8-15)32(28,29)26-13-5-6-19(26)21(27)25-22-24-18-12-9-16(30-4)14-20(18)31-22/h7-12,14,19H,5-6,13H2,1-4H3,(H,24,25,27). The molecule has 2 aromatic carbocycles. The topological polar surface area (TPSA) is 88.6 Å². The second-order valence-corrected chi connectivity index (χ2v) is 11.8. The maximum Gasteiger partial charge on any atom is 0.244 e. The molecule has 1 aliphatic rings. The zero-order chi connectivity index (χ0) is 23.1. The van der Waals surface area contributed by atoms with Crippen molar-refractivity contribution in [2.45, 2.75) is 50.0 Å². The van der Waals surface area contributed by atoms with E-state index in [-0.39, 0.29) is 16.2 Å². The summed E-state index contributed by atoms with van der Waals surface area (Å²) in [7, 11) is -2.19. The number of methoxy groups -OCH3 is 1. The van der Waals surface area contributed by atoms with Crippen LogP contribution in [0.1, 0.15) is 39.2 Å². The van der Waals surface area contributed by atoms with E-state index in [1.54, 1.807) is 19.2 Å². The highest BCUT2D eigenvalue weighted by Gasteiger charge is 2.39. The molecule has 0 bridgehead atoms. The average Bonchev–Trinajstić information content (AvgIpc) is 3.39. The fraction of sp³-hybridized carbons (Fsp3) is 0.391. The van der Waals surface area contributed by atoms with Crippen LogP contribution in [-0.2, 0) is 20.2 Å². The molecule has 1 aliphatic heterocycles. The first-order chi connectivity index (χ1) is 15.1. The molecule has 0 radical (unpaired) electrons. The Hall–Kier alpha value is -2.49. The zero-order valence-corrected chi connectivity index (χ0v) is 20.2. The van der Waals surface area contributed by atoms with E-state index in [9.17, 15) is 13.2 Å². The molecule has 1 atom stereocenters. The summed E-state index contributed by atoms with van der Waals surface area (Å²) in [6, 6.07) is 11.7. The number of thiazole rings is 1. The molecule has 1 unspecified atom stereocenters. The van der Waals surface area contributed by atoms with Crippen molar-refractivity contribution in [3.63, 3.8) is 0 Å². The van der Waals surface area contributed by atoms with E-state index in [4.69, 9.17) is 4.74 Å². The predicted molar refractivity (Wildman–Crippen MR) is 127 cm³/mol. The molecule has 1 saturated heterocycles. The van der Waals surface area contributed by atoms with Crippen molar-refractivity contribution in [2.75, 3.05) is 19.0 Å². The van der Waals surface area contributed by atoms with Crippen molar-refractivity contribution in [3.8, 4) is 5.75 Å². The van der Waals surface area contributed by atoms with Crippen LogP contribution in [0.3, 0.4) is 0 Å². The molecular weight excluding hydrogens is 446 g/mol. The Morgan fingerprint density at radius 2 is 1.91 bits per heavy atom. The quantitative estimate of drug-likeness (QED) is 0.594. The first-order valence-corrected chi connectivity index (χ1v) is 12.7. The SMILES string of the molecule is COc1ccc2nc(NC(=O)C3CCCN3S(=O)(=O)c3ccc(C(C)(C)C)cc3)sc2c1. The highest BCUT2D eigenvalue weighted by atomic mass is 32.2. The molecule has 7 nitrogen and oxygen atoms in total. The molecule has 0 spiro atoms. The summed E-state index contributed by atoms with van der Waals surface area (Å²) in [5.74, 6) is 0.355. The summed E-state index contributed by atoms with van der Waals surface area (Å²) in [5.41, 5.74) is 1.74. The molecule has 32 heavy (non-hydrogen) atoms. The molecule has 1 N–H and O–H groups in total. The van der Waals surface area contributed by atoms with Gasteiger partial charge in [0.2, 0.25) is 15.9 Å². The lowest BCUT2D eigenvalue weighted by Crippen LogP contribution is -2.43. The van der Waals surface area contributed by atoms with E-state index in [2.05, 4.69) is 31.1 Å². The number of carbonyl (C=O) groups excluding carboxylic acids is 1. The number of hydrogen-bond acceptors (Lipinski definition) is 6. The van der Waals surface area contributed by atoms with Gasteiger partial charge in [-0.15, -0.1) is 0 Å². The van der Waals surface area contributed by atoms with Gasteiger partial charge in [-0.05, 0) is 54.2 Å². The number of rotatable bonds is 5. The number of benzene rings is 2. The number of anilines is 1. The number of ether oxygens (including phenoxy) is 1. The first-order valence-electron chi connectivity index (χ1n) is 10.5. The van der Waals surface area contributed by atoms with Gasteiger partial charge in [0.25, 0.3) is 0 Å². The number of hydrogen-bond donors (Lipinski definition) is 1. The van der Waals surface area contributed by atoms with E-state index >= 15 is 0 Å². The third-order valence-corrected chi connectivity index (χ3v) is 8.52. The highest BCUT2D eigenvalue weighted by molar-refractivity contribution is 7.89. The largest absolute Gasteiger partial charge is 0.497 e. The number of fused-ring (bicyclic) bond motifs is 1. The van der Waals surface area contributed by atoms with Gasteiger partial charge in [0, 0.05) is 6.54 Å². The van der Waals surface area contributed by atoms with Crippen molar-refractivity contribution in [1.82, 2.24) is 9.29 Å². The maximum atomic E-state index is 13.3. The van der Waals surface area contributed by atoms with E-state index < -0.39 is 16.1 Å². The van der Waals surface area contributed by atoms with Gasteiger partial charge in [0.15, 0.2) is 5.13 Å². The van der Waals surface area contributed by atoms with Gasteiger partial charge in [-0.2, -0.15) is 4.31 Å². The Balaban J connectivity index is 1.54. The number of sulfonamides is 1. The van der Waals surface area contributed by atoms with Crippen LogP contribution in [0.25, 0.3) is 10.2 Å². The molecule has 170 valence electrons. The predicted octanol–water partition coefficient (Wildman–Crippen LogP) is 4.39. The van der Waals surface area contributed by atoms with Gasteiger partial charge >= 0.3 is 0 Å².